The molecule has 0 unspecified atom stereocenters. The number of amides is 1. The molecule has 27 heavy (non-hydrogen) atoms. The molecule has 0 aliphatic carbocycles. The Morgan fingerprint density at radius 1 is 1.04 bits per heavy atom. The third-order valence-corrected chi connectivity index (χ3v) is 4.43. The first-order valence-corrected chi connectivity index (χ1v) is 8.62. The van der Waals surface area contributed by atoms with E-state index in [4.69, 9.17) is 18.6 Å². The number of piperazine rings is 1. The van der Waals surface area contributed by atoms with Gasteiger partial charge >= 0.3 is 0 Å². The van der Waals surface area contributed by atoms with E-state index in [1.54, 1.807) is 26.4 Å². The molecule has 0 atom stereocenters. The Morgan fingerprint density at radius 2 is 1.70 bits per heavy atom. The molecule has 2 aromatic rings. The first-order valence-electron chi connectivity index (χ1n) is 8.62. The molecule has 0 saturated carbocycles. The Morgan fingerprint density at radius 3 is 2.26 bits per heavy atom. The number of carbonyl (C=O) groups excluding carboxylic acids is 1. The van der Waals surface area contributed by atoms with Crippen molar-refractivity contribution in [1.82, 2.24) is 9.80 Å². The molecule has 1 aromatic carbocycles. The number of furan rings is 1. The van der Waals surface area contributed by atoms with Crippen LogP contribution in [0.4, 0.5) is 0 Å². The molecule has 0 radical (unpaired) electrons. The van der Waals surface area contributed by atoms with Crippen LogP contribution in [0, 0.1) is 0 Å². The lowest BCUT2D eigenvalue weighted by molar-refractivity contribution is -0.0000171. The largest absolute Gasteiger partial charge is 1.00 e. The number of hydrogen-bond acceptors (Lipinski definition) is 6. The Hall–Kier alpha value is -2.38. The van der Waals surface area contributed by atoms with Crippen LogP contribution in [0.25, 0.3) is 0 Å². The molecular formula is C19H24ClN2O5-. The SMILES string of the molecule is COc1cccc(OC)c1OCCN1CCN(C(=O)c2ccco2)CC1.[Cl-]. The molecule has 1 aliphatic heterocycles. The van der Waals surface area contributed by atoms with Crippen LogP contribution in [-0.2, 0) is 0 Å². The van der Waals surface area contributed by atoms with Crippen molar-refractivity contribution in [2.75, 3.05) is 53.6 Å². The van der Waals surface area contributed by atoms with Gasteiger partial charge in [-0.3, -0.25) is 9.69 Å². The number of carbonyl (C=O) groups is 1. The monoisotopic (exact) mass is 395 g/mol. The van der Waals surface area contributed by atoms with Gasteiger partial charge in [0.2, 0.25) is 5.75 Å². The van der Waals surface area contributed by atoms with E-state index in [1.165, 1.54) is 6.26 Å². The Balaban J connectivity index is 0.00000261. The Kier molecular flexibility index (Phi) is 7.82. The molecule has 1 saturated heterocycles. The van der Waals surface area contributed by atoms with Crippen molar-refractivity contribution in [1.29, 1.82) is 0 Å². The van der Waals surface area contributed by atoms with Gasteiger partial charge in [0, 0.05) is 32.7 Å². The summed E-state index contributed by atoms with van der Waals surface area (Å²) in [7, 11) is 3.22. The second-order valence-corrected chi connectivity index (χ2v) is 5.95. The summed E-state index contributed by atoms with van der Waals surface area (Å²) < 4.78 is 21.8. The first kappa shape index (κ1) is 20.9. The van der Waals surface area contributed by atoms with Crippen LogP contribution >= 0.6 is 0 Å². The van der Waals surface area contributed by atoms with E-state index >= 15 is 0 Å². The number of nitrogens with zero attached hydrogens (tertiary/aromatic N) is 2. The van der Waals surface area contributed by atoms with Gasteiger partial charge in [-0.2, -0.15) is 0 Å². The van der Waals surface area contributed by atoms with Crippen molar-refractivity contribution in [2.45, 2.75) is 0 Å². The Labute approximate surface area is 165 Å². The minimum absolute atomic E-state index is 0. The average molecular weight is 396 g/mol. The van der Waals surface area contributed by atoms with Crippen molar-refractivity contribution in [3.05, 3.63) is 42.4 Å². The quantitative estimate of drug-likeness (QED) is 0.608. The van der Waals surface area contributed by atoms with E-state index in [0.717, 1.165) is 19.6 Å². The topological polar surface area (TPSA) is 64.4 Å². The third-order valence-electron chi connectivity index (χ3n) is 4.43. The van der Waals surface area contributed by atoms with Crippen molar-refractivity contribution in [3.8, 4) is 17.2 Å². The maximum absolute atomic E-state index is 12.3. The molecule has 1 amide bonds. The second kappa shape index (κ2) is 10.1. The summed E-state index contributed by atoms with van der Waals surface area (Å²) in [6.45, 7) is 4.25. The predicted octanol–water partition coefficient (Wildman–Crippen LogP) is -0.862. The van der Waals surface area contributed by atoms with Gasteiger partial charge in [-0.05, 0) is 24.3 Å². The van der Waals surface area contributed by atoms with Crippen LogP contribution < -0.4 is 26.6 Å². The summed E-state index contributed by atoms with van der Waals surface area (Å²) in [6, 6.07) is 8.98. The molecule has 1 aliphatic rings. The van der Waals surface area contributed by atoms with E-state index in [1.807, 2.05) is 23.1 Å². The molecule has 8 heteroatoms. The minimum Gasteiger partial charge on any atom is -1.00 e. The van der Waals surface area contributed by atoms with Crippen molar-refractivity contribution < 1.29 is 35.8 Å². The van der Waals surface area contributed by atoms with Gasteiger partial charge in [0.25, 0.3) is 5.91 Å². The van der Waals surface area contributed by atoms with Crippen LogP contribution in [0.3, 0.4) is 0 Å². The number of para-hydroxylation sites is 1. The molecule has 1 fully saturated rings. The molecule has 7 nitrogen and oxygen atoms in total. The van der Waals surface area contributed by atoms with Crippen molar-refractivity contribution >= 4 is 5.91 Å². The smallest absolute Gasteiger partial charge is 0.289 e. The second-order valence-electron chi connectivity index (χ2n) is 5.95. The maximum atomic E-state index is 12.3. The van der Waals surface area contributed by atoms with Gasteiger partial charge in [0.05, 0.1) is 20.5 Å². The van der Waals surface area contributed by atoms with Crippen LogP contribution in [0.2, 0.25) is 0 Å². The zero-order chi connectivity index (χ0) is 18.4. The normalized spacial score (nSPS) is 14.4. The summed E-state index contributed by atoms with van der Waals surface area (Å²) >= 11 is 0. The fourth-order valence-corrected chi connectivity index (χ4v) is 2.97. The fraction of sp³-hybridized carbons (Fsp3) is 0.421. The standard InChI is InChI=1S/C19H24N2O5.ClH/c1-23-15-5-3-6-16(24-2)18(15)26-14-12-20-8-10-21(11-9-20)19(22)17-7-4-13-25-17;/h3-7,13H,8-12,14H2,1-2H3;1H/p-1. The average Bonchev–Trinajstić information content (AvgIpc) is 3.22. The fourth-order valence-electron chi connectivity index (χ4n) is 2.97. The third kappa shape index (κ3) is 5.08. The predicted molar refractivity (Wildman–Crippen MR) is 96.1 cm³/mol. The molecule has 0 spiro atoms. The molecule has 2 heterocycles. The van der Waals surface area contributed by atoms with Gasteiger partial charge in [-0.25, -0.2) is 0 Å². The van der Waals surface area contributed by atoms with E-state index in [2.05, 4.69) is 4.90 Å². The van der Waals surface area contributed by atoms with Crippen molar-refractivity contribution in [2.24, 2.45) is 0 Å². The number of halogens is 1. The van der Waals surface area contributed by atoms with E-state index in [0.29, 0.717) is 42.7 Å². The van der Waals surface area contributed by atoms with Crippen LogP contribution in [0.15, 0.2) is 41.0 Å². The highest BCUT2D eigenvalue weighted by molar-refractivity contribution is 5.91. The van der Waals surface area contributed by atoms with Gasteiger partial charge in [0.1, 0.15) is 6.61 Å². The number of methoxy groups -OCH3 is 2. The molecule has 0 N–H and O–H groups in total. The lowest BCUT2D eigenvalue weighted by Crippen LogP contribution is -3.00. The number of benzene rings is 1. The van der Waals surface area contributed by atoms with Crippen molar-refractivity contribution in [3.63, 3.8) is 0 Å². The molecule has 3 rings (SSSR count). The summed E-state index contributed by atoms with van der Waals surface area (Å²) in [5.41, 5.74) is 0. The molecule has 0 bridgehead atoms. The van der Waals surface area contributed by atoms with E-state index < -0.39 is 0 Å². The van der Waals surface area contributed by atoms with E-state index in [9.17, 15) is 4.79 Å². The molecule has 1 aromatic heterocycles. The Bertz CT molecular complexity index is 693. The maximum Gasteiger partial charge on any atom is 0.289 e. The molecule has 148 valence electrons. The van der Waals surface area contributed by atoms with Crippen LogP contribution in [-0.4, -0.2) is 69.3 Å². The first-order chi connectivity index (χ1) is 12.7. The highest BCUT2D eigenvalue weighted by Gasteiger charge is 2.23. The van der Waals surface area contributed by atoms with Crippen LogP contribution in [0.1, 0.15) is 10.6 Å². The van der Waals surface area contributed by atoms with Gasteiger partial charge in [0.15, 0.2) is 17.3 Å². The van der Waals surface area contributed by atoms with Gasteiger partial charge < -0.3 is 35.9 Å². The highest BCUT2D eigenvalue weighted by atomic mass is 35.5. The number of rotatable bonds is 7. The lowest BCUT2D eigenvalue weighted by atomic mass is 10.3. The summed E-state index contributed by atoms with van der Waals surface area (Å²) in [6.07, 6.45) is 1.52. The molecular weight excluding hydrogens is 372 g/mol. The number of ether oxygens (including phenoxy) is 3. The van der Waals surface area contributed by atoms with Gasteiger partial charge in [-0.1, -0.05) is 6.07 Å². The van der Waals surface area contributed by atoms with Gasteiger partial charge in [-0.15, -0.1) is 0 Å². The summed E-state index contributed by atoms with van der Waals surface area (Å²) in [5, 5.41) is 0. The zero-order valence-electron chi connectivity index (χ0n) is 15.5. The highest BCUT2D eigenvalue weighted by Crippen LogP contribution is 2.36. The minimum atomic E-state index is -0.0512. The summed E-state index contributed by atoms with van der Waals surface area (Å²) in [5.74, 6) is 2.26. The lowest BCUT2D eigenvalue weighted by Gasteiger charge is -2.34. The van der Waals surface area contributed by atoms with E-state index in [-0.39, 0.29) is 18.3 Å². The summed E-state index contributed by atoms with van der Waals surface area (Å²) in [4.78, 5) is 16.4. The number of hydrogen-bond donors (Lipinski definition) is 0. The zero-order valence-corrected chi connectivity index (χ0v) is 16.3. The van der Waals surface area contributed by atoms with Crippen LogP contribution in [0.5, 0.6) is 17.2 Å².